The number of piperidine rings is 1. The molecule has 1 fully saturated rings. The molecule has 2 heterocycles. The molecule has 3 N–H and O–H groups in total. The molecule has 100 valence electrons. The number of hydrogen-bond donors (Lipinski definition) is 2. The first-order valence-corrected chi connectivity index (χ1v) is 6.61. The first-order chi connectivity index (χ1) is 9.13. The fourth-order valence-electron chi connectivity index (χ4n) is 2.82. The fraction of sp³-hybridized carbons (Fsp3) is 0.429. The first kappa shape index (κ1) is 12.2. The summed E-state index contributed by atoms with van der Waals surface area (Å²) in [6.45, 7) is 3.56. The van der Waals surface area contributed by atoms with Gasteiger partial charge in [0.2, 0.25) is 0 Å². The van der Waals surface area contributed by atoms with Crippen molar-refractivity contribution in [3.05, 3.63) is 30.1 Å². The number of hydrogen-bond acceptors (Lipinski definition) is 3. The van der Waals surface area contributed by atoms with Crippen molar-refractivity contribution in [3.8, 4) is 0 Å². The van der Waals surface area contributed by atoms with Crippen LogP contribution in [0.2, 0.25) is 0 Å². The van der Waals surface area contributed by atoms with Crippen LogP contribution in [0.1, 0.15) is 23.7 Å². The predicted molar refractivity (Wildman–Crippen MR) is 73.8 cm³/mol. The van der Waals surface area contributed by atoms with Crippen LogP contribution in [0, 0.1) is 5.92 Å². The van der Waals surface area contributed by atoms with Crippen LogP contribution >= 0.6 is 0 Å². The van der Waals surface area contributed by atoms with Gasteiger partial charge < -0.3 is 15.6 Å². The highest BCUT2D eigenvalue weighted by molar-refractivity contribution is 5.97. The van der Waals surface area contributed by atoms with Gasteiger partial charge in [-0.3, -0.25) is 4.79 Å². The molecule has 1 aromatic heterocycles. The van der Waals surface area contributed by atoms with Crippen molar-refractivity contribution in [3.63, 3.8) is 0 Å². The standard InChI is InChI=1S/C14H18N4O/c1-9-4-11(15)7-18(6-9)14(19)10-2-3-12-13(5-10)17-8-16-12/h2-3,5,8-9,11H,4,6-7,15H2,1H3,(H,16,17). The molecule has 1 aliphatic rings. The van der Waals surface area contributed by atoms with Crippen molar-refractivity contribution >= 4 is 16.9 Å². The minimum absolute atomic E-state index is 0.0542. The molecule has 1 amide bonds. The maximum Gasteiger partial charge on any atom is 0.253 e. The topological polar surface area (TPSA) is 75.0 Å². The molecule has 3 rings (SSSR count). The van der Waals surface area contributed by atoms with Crippen LogP contribution in [0.15, 0.2) is 24.5 Å². The summed E-state index contributed by atoms with van der Waals surface area (Å²) in [7, 11) is 0. The van der Waals surface area contributed by atoms with E-state index in [1.807, 2.05) is 23.1 Å². The molecule has 2 unspecified atom stereocenters. The molecule has 0 aliphatic carbocycles. The van der Waals surface area contributed by atoms with Crippen molar-refractivity contribution in [1.82, 2.24) is 14.9 Å². The van der Waals surface area contributed by atoms with Crippen molar-refractivity contribution < 1.29 is 4.79 Å². The number of H-pyrrole nitrogens is 1. The monoisotopic (exact) mass is 258 g/mol. The van der Waals surface area contributed by atoms with Crippen LogP contribution < -0.4 is 5.73 Å². The van der Waals surface area contributed by atoms with Crippen LogP contribution in [0.3, 0.4) is 0 Å². The molecule has 0 saturated carbocycles. The zero-order valence-electron chi connectivity index (χ0n) is 11.0. The van der Waals surface area contributed by atoms with E-state index in [9.17, 15) is 4.79 Å². The van der Waals surface area contributed by atoms with E-state index in [1.54, 1.807) is 6.33 Å². The highest BCUT2D eigenvalue weighted by Crippen LogP contribution is 2.19. The van der Waals surface area contributed by atoms with Crippen molar-refractivity contribution in [1.29, 1.82) is 0 Å². The molecule has 1 saturated heterocycles. The molecule has 0 spiro atoms. The Hall–Kier alpha value is -1.88. The Morgan fingerprint density at radius 1 is 1.47 bits per heavy atom. The lowest BCUT2D eigenvalue weighted by Gasteiger charge is -2.34. The van der Waals surface area contributed by atoms with Gasteiger partial charge in [0.1, 0.15) is 0 Å². The van der Waals surface area contributed by atoms with Gasteiger partial charge in [0.05, 0.1) is 17.4 Å². The second kappa shape index (κ2) is 4.66. The Balaban J connectivity index is 1.86. The van der Waals surface area contributed by atoms with Crippen LogP contribution in [-0.4, -0.2) is 39.9 Å². The number of nitrogens with one attached hydrogen (secondary N) is 1. The van der Waals surface area contributed by atoms with E-state index in [-0.39, 0.29) is 11.9 Å². The van der Waals surface area contributed by atoms with E-state index in [0.717, 1.165) is 24.0 Å². The highest BCUT2D eigenvalue weighted by Gasteiger charge is 2.26. The summed E-state index contributed by atoms with van der Waals surface area (Å²) >= 11 is 0. The molecule has 5 heteroatoms. The normalized spacial score (nSPS) is 23.8. The number of likely N-dealkylation sites (tertiary alicyclic amines) is 1. The Morgan fingerprint density at radius 2 is 2.32 bits per heavy atom. The van der Waals surface area contributed by atoms with E-state index in [1.165, 1.54) is 0 Å². The summed E-state index contributed by atoms with van der Waals surface area (Å²) < 4.78 is 0. The summed E-state index contributed by atoms with van der Waals surface area (Å²) in [6, 6.07) is 5.64. The van der Waals surface area contributed by atoms with Gasteiger partial charge in [-0.05, 0) is 30.5 Å². The Kier molecular flexibility index (Phi) is 2.98. The lowest BCUT2D eigenvalue weighted by Crippen LogP contribution is -2.48. The smallest absolute Gasteiger partial charge is 0.253 e. The molecular weight excluding hydrogens is 240 g/mol. The molecular formula is C14H18N4O. The van der Waals surface area contributed by atoms with E-state index in [4.69, 9.17) is 5.73 Å². The van der Waals surface area contributed by atoms with Gasteiger partial charge in [-0.1, -0.05) is 6.92 Å². The van der Waals surface area contributed by atoms with E-state index in [0.29, 0.717) is 18.0 Å². The molecule has 0 radical (unpaired) electrons. The average Bonchev–Trinajstić information content (AvgIpc) is 2.83. The minimum Gasteiger partial charge on any atom is -0.345 e. The Labute approximate surface area is 111 Å². The lowest BCUT2D eigenvalue weighted by atomic mass is 9.96. The highest BCUT2D eigenvalue weighted by atomic mass is 16.2. The number of fused-ring (bicyclic) bond motifs is 1. The van der Waals surface area contributed by atoms with Gasteiger partial charge in [0.15, 0.2) is 0 Å². The number of carbonyl (C=O) groups is 1. The zero-order valence-corrected chi connectivity index (χ0v) is 11.0. The maximum absolute atomic E-state index is 12.5. The number of nitrogens with zero attached hydrogens (tertiary/aromatic N) is 2. The van der Waals surface area contributed by atoms with E-state index in [2.05, 4.69) is 16.9 Å². The maximum atomic E-state index is 12.5. The molecule has 2 aromatic rings. The van der Waals surface area contributed by atoms with Crippen molar-refractivity contribution in [2.45, 2.75) is 19.4 Å². The summed E-state index contributed by atoms with van der Waals surface area (Å²) in [4.78, 5) is 21.5. The SMILES string of the molecule is CC1CC(N)CN(C(=O)c2ccc3nc[nH]c3c2)C1. The summed E-state index contributed by atoms with van der Waals surface area (Å²) in [5, 5.41) is 0. The van der Waals surface area contributed by atoms with Gasteiger partial charge in [-0.15, -0.1) is 0 Å². The molecule has 19 heavy (non-hydrogen) atoms. The number of amides is 1. The lowest BCUT2D eigenvalue weighted by molar-refractivity contribution is 0.0661. The van der Waals surface area contributed by atoms with E-state index >= 15 is 0 Å². The number of aromatic amines is 1. The van der Waals surface area contributed by atoms with Gasteiger partial charge >= 0.3 is 0 Å². The molecule has 1 aromatic carbocycles. The summed E-state index contributed by atoms with van der Waals surface area (Å²) in [5.41, 5.74) is 8.45. The van der Waals surface area contributed by atoms with Gasteiger partial charge in [0.25, 0.3) is 5.91 Å². The third-order valence-electron chi connectivity index (χ3n) is 3.65. The second-order valence-corrected chi connectivity index (χ2v) is 5.45. The third-order valence-corrected chi connectivity index (χ3v) is 3.65. The zero-order chi connectivity index (χ0) is 13.4. The third kappa shape index (κ3) is 2.33. The summed E-state index contributed by atoms with van der Waals surface area (Å²) in [5.74, 6) is 0.516. The summed E-state index contributed by atoms with van der Waals surface area (Å²) in [6.07, 6.45) is 2.63. The van der Waals surface area contributed by atoms with Crippen LogP contribution in [0.25, 0.3) is 11.0 Å². The van der Waals surface area contributed by atoms with Gasteiger partial charge in [-0.2, -0.15) is 0 Å². The fourth-order valence-corrected chi connectivity index (χ4v) is 2.82. The first-order valence-electron chi connectivity index (χ1n) is 6.61. The Morgan fingerprint density at radius 3 is 3.11 bits per heavy atom. The van der Waals surface area contributed by atoms with Crippen LogP contribution in [0.5, 0.6) is 0 Å². The predicted octanol–water partition coefficient (Wildman–Crippen LogP) is 1.37. The van der Waals surface area contributed by atoms with Gasteiger partial charge in [0, 0.05) is 24.7 Å². The molecule has 2 atom stereocenters. The molecule has 0 bridgehead atoms. The second-order valence-electron chi connectivity index (χ2n) is 5.45. The van der Waals surface area contributed by atoms with Crippen molar-refractivity contribution in [2.75, 3.05) is 13.1 Å². The number of imidazole rings is 1. The molecule has 1 aliphatic heterocycles. The van der Waals surface area contributed by atoms with Crippen LogP contribution in [-0.2, 0) is 0 Å². The number of aromatic nitrogens is 2. The number of rotatable bonds is 1. The van der Waals surface area contributed by atoms with Crippen molar-refractivity contribution in [2.24, 2.45) is 11.7 Å². The van der Waals surface area contributed by atoms with E-state index < -0.39 is 0 Å². The minimum atomic E-state index is 0.0542. The number of benzene rings is 1. The average molecular weight is 258 g/mol. The quantitative estimate of drug-likeness (QED) is 0.811. The molecule has 5 nitrogen and oxygen atoms in total. The largest absolute Gasteiger partial charge is 0.345 e. The van der Waals surface area contributed by atoms with Crippen LogP contribution in [0.4, 0.5) is 0 Å². The Bertz CT molecular complexity index is 596. The number of carbonyl (C=O) groups excluding carboxylic acids is 1. The van der Waals surface area contributed by atoms with Gasteiger partial charge in [-0.25, -0.2) is 4.98 Å². The number of nitrogens with two attached hydrogens (primary N) is 1.